The number of amides is 2. The molecule has 0 unspecified atom stereocenters. The van der Waals surface area contributed by atoms with E-state index in [1.165, 1.54) is 6.92 Å². The summed E-state index contributed by atoms with van der Waals surface area (Å²) in [7, 11) is 1.14. The van der Waals surface area contributed by atoms with Crippen molar-refractivity contribution >= 4 is 18.0 Å². The van der Waals surface area contributed by atoms with Crippen LogP contribution in [-0.2, 0) is 20.7 Å². The molecular formula is C16H21NO5. The van der Waals surface area contributed by atoms with E-state index in [1.807, 2.05) is 17.4 Å². The first kappa shape index (κ1) is 17.7. The maximum Gasteiger partial charge on any atom is 0.413 e. The van der Waals surface area contributed by atoms with Gasteiger partial charge in [-0.1, -0.05) is 26.0 Å². The predicted octanol–water partition coefficient (Wildman–Crippen LogP) is 2.31. The molecule has 1 aromatic rings. The first-order valence-corrected chi connectivity index (χ1v) is 7.02. The van der Waals surface area contributed by atoms with Crippen molar-refractivity contribution in [2.75, 3.05) is 7.11 Å². The maximum absolute atomic E-state index is 11.9. The zero-order valence-corrected chi connectivity index (χ0v) is 13.2. The minimum absolute atomic E-state index is 0.352. The molecule has 0 aliphatic rings. The van der Waals surface area contributed by atoms with Gasteiger partial charge in [-0.05, 0) is 37.0 Å². The Kier molecular flexibility index (Phi) is 6.56. The van der Waals surface area contributed by atoms with E-state index in [4.69, 9.17) is 4.74 Å². The summed E-state index contributed by atoms with van der Waals surface area (Å²) in [5.74, 6) is -0.833. The molecule has 6 heteroatoms. The topological polar surface area (TPSA) is 81.7 Å². The number of methoxy groups -OCH3 is 1. The van der Waals surface area contributed by atoms with Crippen LogP contribution in [0.5, 0.6) is 0 Å². The summed E-state index contributed by atoms with van der Waals surface area (Å²) in [5, 5.41) is 1.94. The van der Waals surface area contributed by atoms with Crippen molar-refractivity contribution < 1.29 is 23.9 Å². The molecule has 0 spiro atoms. The summed E-state index contributed by atoms with van der Waals surface area (Å²) < 4.78 is 9.30. The molecule has 0 saturated heterocycles. The lowest BCUT2D eigenvalue weighted by molar-refractivity contribution is -0.128. The lowest BCUT2D eigenvalue weighted by atomic mass is 10.0. The van der Waals surface area contributed by atoms with Gasteiger partial charge in [0.05, 0.1) is 12.7 Å². The third-order valence-corrected chi connectivity index (χ3v) is 2.90. The van der Waals surface area contributed by atoms with Crippen LogP contribution in [-0.4, -0.2) is 31.2 Å². The molecule has 0 aromatic heterocycles. The molecule has 0 fully saturated rings. The predicted molar refractivity (Wildman–Crippen MR) is 80.4 cm³/mol. The van der Waals surface area contributed by atoms with Gasteiger partial charge in [0.25, 0.3) is 5.91 Å². The summed E-state index contributed by atoms with van der Waals surface area (Å²) in [4.78, 5) is 34.4. The minimum atomic E-state index is -1.10. The quantitative estimate of drug-likeness (QED) is 0.844. The van der Waals surface area contributed by atoms with Crippen molar-refractivity contribution in [3.8, 4) is 0 Å². The number of alkyl carbamates (subject to hydrolysis) is 1. The number of imide groups is 1. The van der Waals surface area contributed by atoms with E-state index in [0.717, 1.165) is 19.1 Å². The zero-order chi connectivity index (χ0) is 16.7. The summed E-state index contributed by atoms with van der Waals surface area (Å²) in [6.07, 6.45) is -1.07. The molecule has 1 atom stereocenters. The summed E-state index contributed by atoms with van der Waals surface area (Å²) in [6, 6.07) is 7.03. The molecule has 1 aromatic carbocycles. The molecule has 22 heavy (non-hydrogen) atoms. The Balaban J connectivity index is 2.60. The van der Waals surface area contributed by atoms with Crippen LogP contribution in [0.15, 0.2) is 24.3 Å². The lowest BCUT2D eigenvalue weighted by Crippen LogP contribution is -2.39. The molecule has 0 heterocycles. The number of esters is 1. The molecular weight excluding hydrogens is 286 g/mol. The number of benzene rings is 1. The summed E-state index contributed by atoms with van der Waals surface area (Å²) in [6.45, 7) is 5.61. The van der Waals surface area contributed by atoms with Crippen molar-refractivity contribution in [1.82, 2.24) is 5.32 Å². The van der Waals surface area contributed by atoms with E-state index in [9.17, 15) is 14.4 Å². The number of carbonyl (C=O) groups is 3. The van der Waals surface area contributed by atoms with E-state index < -0.39 is 24.1 Å². The first-order chi connectivity index (χ1) is 10.3. The van der Waals surface area contributed by atoms with Gasteiger partial charge in [0, 0.05) is 0 Å². The van der Waals surface area contributed by atoms with E-state index >= 15 is 0 Å². The van der Waals surface area contributed by atoms with Crippen molar-refractivity contribution in [1.29, 1.82) is 0 Å². The molecule has 6 nitrogen and oxygen atoms in total. The summed E-state index contributed by atoms with van der Waals surface area (Å²) >= 11 is 0. The number of nitrogens with one attached hydrogen (secondary N) is 1. The smallest absolute Gasteiger partial charge is 0.413 e. The molecule has 0 radical (unpaired) electrons. The second-order valence-electron chi connectivity index (χ2n) is 5.32. The van der Waals surface area contributed by atoms with Gasteiger partial charge >= 0.3 is 12.1 Å². The fraction of sp³-hybridized carbons (Fsp3) is 0.438. The average molecular weight is 307 g/mol. The highest BCUT2D eigenvalue weighted by molar-refractivity contribution is 5.96. The second-order valence-corrected chi connectivity index (χ2v) is 5.32. The van der Waals surface area contributed by atoms with E-state index in [0.29, 0.717) is 11.5 Å². The lowest BCUT2D eigenvalue weighted by Gasteiger charge is -2.12. The highest BCUT2D eigenvalue weighted by Gasteiger charge is 2.20. The van der Waals surface area contributed by atoms with E-state index in [1.54, 1.807) is 12.1 Å². The van der Waals surface area contributed by atoms with Crippen molar-refractivity contribution in [2.45, 2.75) is 33.3 Å². The molecule has 1 rings (SSSR count). The van der Waals surface area contributed by atoms with Crippen molar-refractivity contribution in [3.05, 3.63) is 35.4 Å². The Bertz CT molecular complexity index is 536. The Morgan fingerprint density at radius 2 is 1.68 bits per heavy atom. The standard InChI is InChI=1S/C16H21NO5/c1-10(2)9-12-5-7-13(8-6-12)15(19)22-11(3)14(18)17-16(20)21-4/h5-8,10-11H,9H2,1-4H3,(H,17,18,20)/t11-/m0/s1. The monoisotopic (exact) mass is 307 g/mol. The molecule has 1 N–H and O–H groups in total. The van der Waals surface area contributed by atoms with Gasteiger partial charge in [-0.2, -0.15) is 0 Å². The maximum atomic E-state index is 11.9. The molecule has 2 amide bonds. The number of ether oxygens (including phenoxy) is 2. The van der Waals surface area contributed by atoms with Gasteiger partial charge in [-0.25, -0.2) is 9.59 Å². The number of rotatable bonds is 5. The fourth-order valence-corrected chi connectivity index (χ4v) is 1.78. The van der Waals surface area contributed by atoms with E-state index in [-0.39, 0.29) is 0 Å². The Labute approximate surface area is 129 Å². The normalized spacial score (nSPS) is 11.7. The van der Waals surface area contributed by atoms with Gasteiger partial charge in [-0.15, -0.1) is 0 Å². The molecule has 0 aliphatic heterocycles. The third kappa shape index (κ3) is 5.55. The minimum Gasteiger partial charge on any atom is -0.453 e. The van der Waals surface area contributed by atoms with Crippen LogP contribution in [0.25, 0.3) is 0 Å². The van der Waals surface area contributed by atoms with Gasteiger partial charge in [0.1, 0.15) is 0 Å². The highest BCUT2D eigenvalue weighted by Crippen LogP contribution is 2.11. The van der Waals surface area contributed by atoms with Crippen molar-refractivity contribution in [2.24, 2.45) is 5.92 Å². The van der Waals surface area contributed by atoms with Gasteiger partial charge in [0.2, 0.25) is 0 Å². The van der Waals surface area contributed by atoms with Gasteiger partial charge in [-0.3, -0.25) is 10.1 Å². The first-order valence-electron chi connectivity index (χ1n) is 7.02. The average Bonchev–Trinajstić information content (AvgIpc) is 2.46. The van der Waals surface area contributed by atoms with Crippen LogP contribution >= 0.6 is 0 Å². The second kappa shape index (κ2) is 8.17. The van der Waals surface area contributed by atoms with Crippen LogP contribution in [0.4, 0.5) is 4.79 Å². The molecule has 0 bridgehead atoms. The number of hydrogen-bond acceptors (Lipinski definition) is 5. The third-order valence-electron chi connectivity index (χ3n) is 2.90. The van der Waals surface area contributed by atoms with Crippen LogP contribution in [0.3, 0.4) is 0 Å². The molecule has 0 saturated carbocycles. The molecule has 0 aliphatic carbocycles. The highest BCUT2D eigenvalue weighted by atomic mass is 16.6. The Morgan fingerprint density at radius 3 is 2.18 bits per heavy atom. The van der Waals surface area contributed by atoms with E-state index in [2.05, 4.69) is 18.6 Å². The van der Waals surface area contributed by atoms with Crippen LogP contribution in [0, 0.1) is 5.92 Å². The number of carbonyl (C=O) groups excluding carboxylic acids is 3. The number of hydrogen-bond donors (Lipinski definition) is 1. The fourth-order valence-electron chi connectivity index (χ4n) is 1.78. The molecule has 120 valence electrons. The van der Waals surface area contributed by atoms with Crippen LogP contribution in [0.2, 0.25) is 0 Å². The summed E-state index contributed by atoms with van der Waals surface area (Å²) in [5.41, 5.74) is 1.48. The zero-order valence-electron chi connectivity index (χ0n) is 13.2. The SMILES string of the molecule is COC(=O)NC(=O)[C@H](C)OC(=O)c1ccc(CC(C)C)cc1. The van der Waals surface area contributed by atoms with Crippen LogP contribution < -0.4 is 5.32 Å². The Morgan fingerprint density at radius 1 is 1.09 bits per heavy atom. The van der Waals surface area contributed by atoms with Gasteiger partial charge in [0.15, 0.2) is 6.10 Å². The van der Waals surface area contributed by atoms with Crippen molar-refractivity contribution in [3.63, 3.8) is 0 Å². The van der Waals surface area contributed by atoms with Crippen LogP contribution in [0.1, 0.15) is 36.7 Å². The largest absolute Gasteiger partial charge is 0.453 e. The Hall–Kier alpha value is -2.37. The van der Waals surface area contributed by atoms with Gasteiger partial charge < -0.3 is 9.47 Å².